The number of fused-ring (bicyclic) bond motifs is 1. The summed E-state index contributed by atoms with van der Waals surface area (Å²) in [5, 5.41) is 2.84. The lowest BCUT2D eigenvalue weighted by Crippen LogP contribution is -2.02. The Hall–Kier alpha value is -0.230. The Bertz CT molecular complexity index is 496. The number of hydrogen-bond donors (Lipinski definition) is 0. The van der Waals surface area contributed by atoms with Gasteiger partial charge in [-0.2, -0.15) is 0 Å². The van der Waals surface area contributed by atoms with E-state index in [-0.39, 0.29) is 5.97 Å². The topological polar surface area (TPSA) is 31.2 Å². The van der Waals surface area contributed by atoms with Crippen molar-refractivity contribution < 1.29 is 9.53 Å². The van der Waals surface area contributed by atoms with E-state index in [1.807, 2.05) is 0 Å². The first kappa shape index (κ1) is 12.2. The monoisotopic (exact) mass is 295 g/mol. The van der Waals surface area contributed by atoms with Crippen molar-refractivity contribution in [2.75, 3.05) is 7.11 Å². The number of thioether (sulfide) groups is 2. The number of methoxy groups -OCH3 is 1. The number of ether oxygens (including phenoxy) is 1. The number of nitrogens with zero attached hydrogens (tertiary/aromatic N) is 1. The van der Waals surface area contributed by atoms with Gasteiger partial charge in [0.25, 0.3) is 0 Å². The predicted octanol–water partition coefficient (Wildman–Crippen LogP) is 3.54. The molecule has 0 fully saturated rings. The maximum Gasteiger partial charge on any atom is 0.345 e. The molecule has 0 aliphatic carbocycles. The van der Waals surface area contributed by atoms with Gasteiger partial charge in [0.05, 0.1) is 16.9 Å². The summed E-state index contributed by atoms with van der Waals surface area (Å²) in [6.07, 6.45) is 0. The van der Waals surface area contributed by atoms with Gasteiger partial charge in [0.15, 0.2) is 0 Å². The van der Waals surface area contributed by atoms with Gasteiger partial charge in [-0.25, -0.2) is 4.79 Å². The Morgan fingerprint density at radius 1 is 1.38 bits per heavy atom. The molecule has 86 valence electrons. The molecule has 0 atom stereocenters. The fourth-order valence-electron chi connectivity index (χ4n) is 1.21. The smallest absolute Gasteiger partial charge is 0.345 e. The van der Waals surface area contributed by atoms with Crippen LogP contribution in [0.5, 0.6) is 0 Å². The van der Waals surface area contributed by atoms with Gasteiger partial charge in [0.2, 0.25) is 0 Å². The van der Waals surface area contributed by atoms with Crippen LogP contribution in [0.4, 0.5) is 0 Å². The van der Waals surface area contributed by atoms with Gasteiger partial charge in [0.1, 0.15) is 15.2 Å². The van der Waals surface area contributed by atoms with Crippen molar-refractivity contribution in [2.24, 2.45) is 7.05 Å². The average molecular weight is 296 g/mol. The number of carbonyl (C=O) groups excluding carboxylic acids is 1. The second-order valence-corrected chi connectivity index (χ2v) is 5.64. The quantitative estimate of drug-likeness (QED) is 0.742. The van der Waals surface area contributed by atoms with Gasteiger partial charge in [-0.1, -0.05) is 46.7 Å². The lowest BCUT2D eigenvalue weighted by Gasteiger charge is -2.10. The molecule has 1 aromatic rings. The van der Waals surface area contributed by atoms with Crippen molar-refractivity contribution >= 4 is 52.7 Å². The molecule has 0 aromatic carbocycles. The first-order chi connectivity index (χ1) is 7.56. The number of aromatic nitrogens is 1. The molecule has 0 N–H and O–H groups in total. The number of esters is 1. The Labute approximate surface area is 111 Å². The fourth-order valence-corrected chi connectivity index (χ4v) is 4.13. The lowest BCUT2D eigenvalue weighted by molar-refractivity contribution is -0.135. The molecule has 0 spiro atoms. The molecule has 0 saturated heterocycles. The molecule has 1 aliphatic rings. The van der Waals surface area contributed by atoms with Gasteiger partial charge in [-0.05, 0) is 5.41 Å². The van der Waals surface area contributed by atoms with Gasteiger partial charge < -0.3 is 9.30 Å². The number of halogens is 2. The van der Waals surface area contributed by atoms with Crippen molar-refractivity contribution in [3.63, 3.8) is 0 Å². The molecule has 1 aliphatic heterocycles. The predicted molar refractivity (Wildman–Crippen MR) is 67.2 cm³/mol. The first-order valence-electron chi connectivity index (χ1n) is 4.23. The van der Waals surface area contributed by atoms with Crippen molar-refractivity contribution in [1.29, 1.82) is 0 Å². The van der Waals surface area contributed by atoms with E-state index in [0.717, 1.165) is 9.79 Å². The number of carbonyl (C=O) groups is 1. The summed E-state index contributed by atoms with van der Waals surface area (Å²) in [6.45, 7) is 0. The molecule has 0 bridgehead atoms. The van der Waals surface area contributed by atoms with E-state index in [2.05, 4.69) is 4.74 Å². The van der Waals surface area contributed by atoms with Crippen LogP contribution in [0.15, 0.2) is 20.1 Å². The van der Waals surface area contributed by atoms with E-state index in [1.165, 1.54) is 30.6 Å². The zero-order valence-corrected chi connectivity index (χ0v) is 11.6. The van der Waals surface area contributed by atoms with Crippen LogP contribution in [0.3, 0.4) is 0 Å². The molecule has 2 heterocycles. The summed E-state index contributed by atoms with van der Waals surface area (Å²) >= 11 is 14.9. The molecule has 1 aromatic heterocycles. The highest BCUT2D eigenvalue weighted by Crippen LogP contribution is 2.50. The van der Waals surface area contributed by atoms with Crippen LogP contribution in [0, 0.1) is 0 Å². The molecule has 0 radical (unpaired) electrons. The van der Waals surface area contributed by atoms with Crippen LogP contribution in [0.2, 0.25) is 10.3 Å². The second kappa shape index (κ2) is 4.56. The van der Waals surface area contributed by atoms with E-state index >= 15 is 0 Å². The van der Waals surface area contributed by atoms with Gasteiger partial charge in [0, 0.05) is 7.05 Å². The Kier molecular flexibility index (Phi) is 3.49. The summed E-state index contributed by atoms with van der Waals surface area (Å²) in [5.74, 6) is -0.362. The Morgan fingerprint density at radius 2 is 2.00 bits per heavy atom. The molecule has 0 amide bonds. The summed E-state index contributed by atoms with van der Waals surface area (Å²) < 4.78 is 6.34. The van der Waals surface area contributed by atoms with Crippen molar-refractivity contribution in [3.8, 4) is 0 Å². The normalized spacial score (nSPS) is 14.4. The molecule has 2 rings (SSSR count). The third-order valence-corrected chi connectivity index (χ3v) is 5.53. The molecule has 0 saturated carbocycles. The average Bonchev–Trinajstić information content (AvgIpc) is 2.53. The molecular weight excluding hydrogens is 289 g/mol. The summed E-state index contributed by atoms with van der Waals surface area (Å²) in [4.78, 5) is 13.6. The SMILES string of the molecule is COC(=O)C1=CSc2c(c(Cl)n(C)c2Cl)S1. The third kappa shape index (κ3) is 1.86. The second-order valence-electron chi connectivity index (χ2n) is 2.99. The molecular formula is C9H7Cl2NO2S2. The number of rotatable bonds is 1. The maximum absolute atomic E-state index is 11.4. The van der Waals surface area contributed by atoms with Gasteiger partial charge in [-0.15, -0.1) is 0 Å². The third-order valence-electron chi connectivity index (χ3n) is 2.05. The van der Waals surface area contributed by atoms with Crippen molar-refractivity contribution in [3.05, 3.63) is 20.6 Å². The first-order valence-corrected chi connectivity index (χ1v) is 6.68. The highest BCUT2D eigenvalue weighted by Gasteiger charge is 2.26. The highest BCUT2D eigenvalue weighted by atomic mass is 35.5. The summed E-state index contributed by atoms with van der Waals surface area (Å²) in [6, 6.07) is 0. The van der Waals surface area contributed by atoms with E-state index in [0.29, 0.717) is 15.2 Å². The molecule has 3 nitrogen and oxygen atoms in total. The van der Waals surface area contributed by atoms with Crippen LogP contribution >= 0.6 is 46.7 Å². The minimum atomic E-state index is -0.362. The van der Waals surface area contributed by atoms with E-state index in [9.17, 15) is 4.79 Å². The van der Waals surface area contributed by atoms with E-state index < -0.39 is 0 Å². The van der Waals surface area contributed by atoms with Crippen molar-refractivity contribution in [1.82, 2.24) is 4.57 Å². The van der Waals surface area contributed by atoms with E-state index in [4.69, 9.17) is 23.2 Å². The van der Waals surface area contributed by atoms with Gasteiger partial charge >= 0.3 is 5.97 Å². The molecule has 0 unspecified atom stereocenters. The molecule has 7 heteroatoms. The minimum Gasteiger partial charge on any atom is -0.465 e. The van der Waals surface area contributed by atoms with Crippen LogP contribution < -0.4 is 0 Å². The maximum atomic E-state index is 11.4. The number of hydrogen-bond acceptors (Lipinski definition) is 4. The standard InChI is InChI=1S/C9H7Cl2NO2S2/c1-12-7(10)5-6(8(12)11)16-4(3-15-5)9(13)14-2/h3H,1-2H3. The molecule has 16 heavy (non-hydrogen) atoms. The fraction of sp³-hybridized carbons (Fsp3) is 0.222. The Morgan fingerprint density at radius 3 is 2.62 bits per heavy atom. The summed E-state index contributed by atoms with van der Waals surface area (Å²) in [7, 11) is 3.13. The van der Waals surface area contributed by atoms with Crippen LogP contribution in [0.25, 0.3) is 0 Å². The highest BCUT2D eigenvalue weighted by molar-refractivity contribution is 8.09. The van der Waals surface area contributed by atoms with Crippen molar-refractivity contribution in [2.45, 2.75) is 9.79 Å². The van der Waals surface area contributed by atoms with Gasteiger partial charge in [-0.3, -0.25) is 0 Å². The van der Waals surface area contributed by atoms with Crippen LogP contribution in [-0.2, 0) is 16.6 Å². The summed E-state index contributed by atoms with van der Waals surface area (Å²) in [5.41, 5.74) is 0. The Balaban J connectivity index is 2.40. The van der Waals surface area contributed by atoms with Crippen LogP contribution in [-0.4, -0.2) is 17.6 Å². The largest absolute Gasteiger partial charge is 0.465 e. The van der Waals surface area contributed by atoms with E-state index in [1.54, 1.807) is 17.0 Å². The zero-order valence-electron chi connectivity index (χ0n) is 8.41. The lowest BCUT2D eigenvalue weighted by atomic mass is 10.6. The zero-order chi connectivity index (χ0) is 11.9. The van der Waals surface area contributed by atoms with Crippen LogP contribution in [0.1, 0.15) is 0 Å². The minimum absolute atomic E-state index is 0.362.